The molecule has 1 amide bonds. The fourth-order valence-electron chi connectivity index (χ4n) is 3.18. The van der Waals surface area contributed by atoms with E-state index in [-0.39, 0.29) is 5.91 Å². The first-order valence-electron chi connectivity index (χ1n) is 8.40. The molecule has 1 heterocycles. The molecular weight excluding hydrogens is 312 g/mol. The first kappa shape index (κ1) is 16.5. The lowest BCUT2D eigenvalue weighted by atomic mass is 10.0. The Morgan fingerprint density at radius 3 is 2.57 bits per heavy atom. The Morgan fingerprint density at radius 1 is 1.22 bits per heavy atom. The van der Waals surface area contributed by atoms with Gasteiger partial charge in [0.25, 0.3) is 0 Å². The lowest BCUT2D eigenvalue weighted by molar-refractivity contribution is -0.118. The molecule has 1 aliphatic carbocycles. The zero-order chi connectivity index (χ0) is 16.6. The molecule has 0 spiro atoms. The van der Waals surface area contributed by atoms with Gasteiger partial charge in [0.1, 0.15) is 0 Å². The molecule has 0 unspecified atom stereocenters. The highest BCUT2D eigenvalue weighted by Gasteiger charge is 2.32. The highest BCUT2D eigenvalue weighted by molar-refractivity contribution is 7.89. The molecule has 5 nitrogen and oxygen atoms in total. The van der Waals surface area contributed by atoms with Crippen LogP contribution in [0.5, 0.6) is 0 Å². The van der Waals surface area contributed by atoms with Gasteiger partial charge < -0.3 is 4.90 Å². The maximum absolute atomic E-state index is 12.9. The topological polar surface area (TPSA) is 57.7 Å². The summed E-state index contributed by atoms with van der Waals surface area (Å²) in [6.07, 6.45) is 3.32. The zero-order valence-electron chi connectivity index (χ0n) is 13.8. The van der Waals surface area contributed by atoms with Gasteiger partial charge in [-0.3, -0.25) is 4.79 Å². The van der Waals surface area contributed by atoms with E-state index in [1.54, 1.807) is 27.4 Å². The van der Waals surface area contributed by atoms with Crippen molar-refractivity contribution in [2.45, 2.75) is 44.4 Å². The molecule has 1 aromatic carbocycles. The van der Waals surface area contributed by atoms with Crippen molar-refractivity contribution in [1.29, 1.82) is 0 Å². The van der Waals surface area contributed by atoms with E-state index in [1.807, 2.05) is 13.8 Å². The molecule has 1 aliphatic heterocycles. The molecule has 1 saturated carbocycles. The fourth-order valence-corrected chi connectivity index (χ4v) is 4.75. The van der Waals surface area contributed by atoms with E-state index < -0.39 is 10.0 Å². The van der Waals surface area contributed by atoms with Gasteiger partial charge in [-0.2, -0.15) is 4.31 Å². The Labute approximate surface area is 138 Å². The monoisotopic (exact) mass is 336 g/mol. The minimum Gasteiger partial charge on any atom is -0.312 e. The van der Waals surface area contributed by atoms with E-state index in [4.69, 9.17) is 0 Å². The number of amides is 1. The van der Waals surface area contributed by atoms with Crippen LogP contribution >= 0.6 is 0 Å². The third-order valence-corrected chi connectivity index (χ3v) is 6.65. The van der Waals surface area contributed by atoms with E-state index in [9.17, 15) is 13.2 Å². The summed E-state index contributed by atoms with van der Waals surface area (Å²) in [7, 11) is -3.45. The number of rotatable bonds is 6. The third-order valence-electron chi connectivity index (χ3n) is 4.72. The lowest BCUT2D eigenvalue weighted by Crippen LogP contribution is -2.35. The standard InChI is InChI=1S/C17H24N2O3S/c1-3-18(12-13-5-6-13)23(21,22)15-8-9-16-14(11-15)7-10-17(20)19(16)4-2/h8-9,11,13H,3-7,10,12H2,1-2H3. The van der Waals surface area contributed by atoms with Gasteiger partial charge in [0.2, 0.25) is 15.9 Å². The summed E-state index contributed by atoms with van der Waals surface area (Å²) < 4.78 is 27.3. The summed E-state index contributed by atoms with van der Waals surface area (Å²) >= 11 is 0. The van der Waals surface area contributed by atoms with Crippen LogP contribution in [0.3, 0.4) is 0 Å². The van der Waals surface area contributed by atoms with Gasteiger partial charge >= 0.3 is 0 Å². The van der Waals surface area contributed by atoms with E-state index in [1.165, 1.54) is 0 Å². The second-order valence-electron chi connectivity index (χ2n) is 6.33. The summed E-state index contributed by atoms with van der Waals surface area (Å²) in [5, 5.41) is 0. The predicted octanol–water partition coefficient (Wildman–Crippen LogP) is 2.41. The van der Waals surface area contributed by atoms with Crippen molar-refractivity contribution in [1.82, 2.24) is 4.31 Å². The maximum atomic E-state index is 12.9. The molecule has 0 N–H and O–H groups in total. The van der Waals surface area contributed by atoms with Gasteiger partial charge in [0.05, 0.1) is 4.90 Å². The number of anilines is 1. The summed E-state index contributed by atoms with van der Waals surface area (Å²) in [4.78, 5) is 14.0. The number of hydrogen-bond acceptors (Lipinski definition) is 3. The van der Waals surface area contributed by atoms with Crippen LogP contribution in [0.4, 0.5) is 5.69 Å². The molecule has 126 valence electrons. The van der Waals surface area contributed by atoms with Gasteiger partial charge in [0.15, 0.2) is 0 Å². The number of sulfonamides is 1. The predicted molar refractivity (Wildman–Crippen MR) is 89.9 cm³/mol. The lowest BCUT2D eigenvalue weighted by Gasteiger charge is -2.29. The normalized spacial score (nSPS) is 18.4. The smallest absolute Gasteiger partial charge is 0.243 e. The zero-order valence-corrected chi connectivity index (χ0v) is 14.6. The van der Waals surface area contributed by atoms with Crippen LogP contribution in [-0.2, 0) is 21.2 Å². The number of carbonyl (C=O) groups excluding carboxylic acids is 1. The summed E-state index contributed by atoms with van der Waals surface area (Å²) in [5.74, 6) is 0.634. The van der Waals surface area contributed by atoms with Gasteiger partial charge in [-0.15, -0.1) is 0 Å². The Hall–Kier alpha value is -1.40. The van der Waals surface area contributed by atoms with Crippen molar-refractivity contribution >= 4 is 21.6 Å². The minimum absolute atomic E-state index is 0.111. The van der Waals surface area contributed by atoms with Crippen molar-refractivity contribution < 1.29 is 13.2 Å². The molecule has 0 aromatic heterocycles. The van der Waals surface area contributed by atoms with Gasteiger partial charge in [0, 0.05) is 31.7 Å². The van der Waals surface area contributed by atoms with E-state index in [2.05, 4.69) is 0 Å². The minimum atomic E-state index is -3.45. The van der Waals surface area contributed by atoms with Crippen LogP contribution in [-0.4, -0.2) is 38.3 Å². The number of nitrogens with zero attached hydrogens (tertiary/aromatic N) is 2. The highest BCUT2D eigenvalue weighted by Crippen LogP contribution is 2.33. The molecule has 23 heavy (non-hydrogen) atoms. The molecule has 2 aliphatic rings. The summed E-state index contributed by atoms with van der Waals surface area (Å²) in [5.41, 5.74) is 1.81. The first-order valence-corrected chi connectivity index (χ1v) is 9.84. The Bertz CT molecular complexity index is 711. The quantitative estimate of drug-likeness (QED) is 0.801. The van der Waals surface area contributed by atoms with Crippen LogP contribution in [0.15, 0.2) is 23.1 Å². The molecular formula is C17H24N2O3S. The SMILES string of the molecule is CCN1C(=O)CCc2cc(S(=O)(=O)N(CC)CC3CC3)ccc21. The second kappa shape index (κ2) is 6.24. The molecule has 0 radical (unpaired) electrons. The molecule has 0 bridgehead atoms. The summed E-state index contributed by atoms with van der Waals surface area (Å²) in [6, 6.07) is 5.19. The van der Waals surface area contributed by atoms with E-state index >= 15 is 0 Å². The molecule has 6 heteroatoms. The average molecular weight is 336 g/mol. The molecule has 1 aromatic rings. The van der Waals surface area contributed by atoms with E-state index in [0.717, 1.165) is 24.1 Å². The van der Waals surface area contributed by atoms with Crippen LogP contribution in [0.2, 0.25) is 0 Å². The van der Waals surface area contributed by atoms with Crippen LogP contribution in [0.25, 0.3) is 0 Å². The van der Waals surface area contributed by atoms with Crippen LogP contribution in [0.1, 0.15) is 38.7 Å². The molecule has 1 fully saturated rings. The van der Waals surface area contributed by atoms with Crippen molar-refractivity contribution in [3.8, 4) is 0 Å². The number of carbonyl (C=O) groups is 1. The average Bonchev–Trinajstić information content (AvgIpc) is 3.36. The Morgan fingerprint density at radius 2 is 1.96 bits per heavy atom. The largest absolute Gasteiger partial charge is 0.312 e. The van der Waals surface area contributed by atoms with Crippen molar-refractivity contribution in [3.63, 3.8) is 0 Å². The molecule has 3 rings (SSSR count). The van der Waals surface area contributed by atoms with Crippen molar-refractivity contribution in [2.24, 2.45) is 5.92 Å². The van der Waals surface area contributed by atoms with Gasteiger partial charge in [-0.25, -0.2) is 8.42 Å². The van der Waals surface area contributed by atoms with Crippen LogP contribution < -0.4 is 4.90 Å². The van der Waals surface area contributed by atoms with Crippen LogP contribution in [0, 0.1) is 5.92 Å². The van der Waals surface area contributed by atoms with Gasteiger partial charge in [-0.1, -0.05) is 6.92 Å². The number of hydrogen-bond donors (Lipinski definition) is 0. The summed E-state index contributed by atoms with van der Waals surface area (Å²) in [6.45, 7) is 5.55. The fraction of sp³-hybridized carbons (Fsp3) is 0.588. The van der Waals surface area contributed by atoms with E-state index in [0.29, 0.717) is 43.3 Å². The molecule has 0 atom stereocenters. The second-order valence-corrected chi connectivity index (χ2v) is 8.27. The maximum Gasteiger partial charge on any atom is 0.243 e. The van der Waals surface area contributed by atoms with Crippen molar-refractivity contribution in [2.75, 3.05) is 24.5 Å². The third kappa shape index (κ3) is 3.15. The van der Waals surface area contributed by atoms with Crippen molar-refractivity contribution in [3.05, 3.63) is 23.8 Å². The number of fused-ring (bicyclic) bond motifs is 1. The number of benzene rings is 1. The first-order chi connectivity index (χ1) is 11.0. The number of aryl methyl sites for hydroxylation is 1. The molecule has 0 saturated heterocycles. The van der Waals surface area contributed by atoms with Gasteiger partial charge in [-0.05, 0) is 55.9 Å². The highest BCUT2D eigenvalue weighted by atomic mass is 32.2. The Kier molecular flexibility index (Phi) is 4.47. The Balaban J connectivity index is 1.92.